The van der Waals surface area contributed by atoms with E-state index in [0.717, 1.165) is 5.56 Å². The van der Waals surface area contributed by atoms with Crippen LogP contribution >= 0.6 is 0 Å². The first-order chi connectivity index (χ1) is 8.35. The number of carbonyl (C=O) groups excluding carboxylic acids is 2. The number of ketones is 1. The van der Waals surface area contributed by atoms with Gasteiger partial charge in [-0.25, -0.2) is 0 Å². The number of nitrogens with one attached hydrogen (secondary N) is 1. The van der Waals surface area contributed by atoms with Gasteiger partial charge in [0.05, 0.1) is 12.7 Å². The van der Waals surface area contributed by atoms with Crippen LogP contribution in [0.15, 0.2) is 12.1 Å². The molecule has 2 rings (SSSR count). The van der Waals surface area contributed by atoms with Gasteiger partial charge in [-0.3, -0.25) is 9.59 Å². The van der Waals surface area contributed by atoms with Crippen molar-refractivity contribution in [3.05, 3.63) is 23.3 Å². The fourth-order valence-corrected chi connectivity index (χ4v) is 2.38. The van der Waals surface area contributed by atoms with Crippen molar-refractivity contribution in [3.8, 4) is 5.75 Å². The molecule has 1 aromatic carbocycles. The molecular formula is C14H17NO3. The van der Waals surface area contributed by atoms with Gasteiger partial charge in [-0.05, 0) is 24.6 Å². The third-order valence-corrected chi connectivity index (χ3v) is 3.32. The Morgan fingerprint density at radius 3 is 2.61 bits per heavy atom. The first-order valence-electron chi connectivity index (χ1n) is 5.88. The molecule has 0 spiro atoms. The van der Waals surface area contributed by atoms with E-state index >= 15 is 0 Å². The number of benzene rings is 1. The Morgan fingerprint density at radius 2 is 2.06 bits per heavy atom. The molecule has 0 atom stereocenters. The first-order valence-corrected chi connectivity index (χ1v) is 5.88. The van der Waals surface area contributed by atoms with Gasteiger partial charge < -0.3 is 10.1 Å². The molecule has 0 saturated carbocycles. The summed E-state index contributed by atoms with van der Waals surface area (Å²) in [6, 6.07) is 3.56. The largest absolute Gasteiger partial charge is 0.496 e. The van der Waals surface area contributed by atoms with Crippen LogP contribution in [-0.2, 0) is 10.2 Å². The monoisotopic (exact) mass is 247 g/mol. The highest BCUT2D eigenvalue weighted by Crippen LogP contribution is 2.40. The Hall–Kier alpha value is -1.84. The van der Waals surface area contributed by atoms with Crippen LogP contribution < -0.4 is 10.1 Å². The molecule has 1 aromatic rings. The zero-order chi connectivity index (χ0) is 13.5. The Bertz CT molecular complexity index is 532. The smallest absolute Gasteiger partial charge is 0.225 e. The number of hydrogen-bond acceptors (Lipinski definition) is 3. The fraction of sp³-hybridized carbons (Fsp3) is 0.429. The summed E-state index contributed by atoms with van der Waals surface area (Å²) in [4.78, 5) is 23.2. The minimum atomic E-state index is -0.250. The lowest BCUT2D eigenvalue weighted by molar-refractivity contribution is -0.117. The lowest BCUT2D eigenvalue weighted by atomic mass is 9.77. The van der Waals surface area contributed by atoms with Gasteiger partial charge in [0.25, 0.3) is 0 Å². The molecule has 0 saturated heterocycles. The second-order valence-electron chi connectivity index (χ2n) is 5.26. The van der Waals surface area contributed by atoms with Gasteiger partial charge in [-0.2, -0.15) is 0 Å². The number of hydrogen-bond donors (Lipinski definition) is 1. The minimum absolute atomic E-state index is 0.0211. The van der Waals surface area contributed by atoms with Crippen molar-refractivity contribution < 1.29 is 14.3 Å². The average molecular weight is 247 g/mol. The number of amides is 1. The minimum Gasteiger partial charge on any atom is -0.496 e. The van der Waals surface area contributed by atoms with E-state index in [2.05, 4.69) is 5.32 Å². The zero-order valence-electron chi connectivity index (χ0n) is 11.1. The lowest BCUT2D eigenvalue weighted by Crippen LogP contribution is -2.32. The topological polar surface area (TPSA) is 55.4 Å². The lowest BCUT2D eigenvalue weighted by Gasteiger charge is -2.32. The highest BCUT2D eigenvalue weighted by molar-refractivity contribution is 6.01. The summed E-state index contributed by atoms with van der Waals surface area (Å²) in [5.74, 6) is 0.463. The summed E-state index contributed by atoms with van der Waals surface area (Å²) in [6.45, 7) is 5.51. The number of rotatable bonds is 2. The normalized spacial score (nSPS) is 16.8. The molecule has 1 amide bonds. The maximum absolute atomic E-state index is 11.6. The Labute approximate surface area is 106 Å². The predicted molar refractivity (Wildman–Crippen MR) is 69.3 cm³/mol. The van der Waals surface area contributed by atoms with Crippen molar-refractivity contribution in [1.82, 2.24) is 0 Å². The van der Waals surface area contributed by atoms with Crippen LogP contribution in [0.5, 0.6) is 5.75 Å². The van der Waals surface area contributed by atoms with Crippen molar-refractivity contribution in [1.29, 1.82) is 0 Å². The van der Waals surface area contributed by atoms with Gasteiger partial charge in [0, 0.05) is 17.5 Å². The summed E-state index contributed by atoms with van der Waals surface area (Å²) < 4.78 is 5.26. The highest BCUT2D eigenvalue weighted by atomic mass is 16.5. The number of Topliss-reactive ketones (excluding diaryl/α,β-unsaturated/α-hetero) is 1. The molecule has 1 N–H and O–H groups in total. The van der Waals surface area contributed by atoms with Gasteiger partial charge in [0.15, 0.2) is 5.78 Å². The van der Waals surface area contributed by atoms with Crippen molar-refractivity contribution in [2.24, 2.45) is 0 Å². The van der Waals surface area contributed by atoms with Gasteiger partial charge in [-0.1, -0.05) is 13.8 Å². The van der Waals surface area contributed by atoms with Crippen LogP contribution in [0.1, 0.15) is 43.1 Å². The van der Waals surface area contributed by atoms with Gasteiger partial charge >= 0.3 is 0 Å². The Balaban J connectivity index is 2.65. The molecule has 18 heavy (non-hydrogen) atoms. The van der Waals surface area contributed by atoms with E-state index in [1.54, 1.807) is 13.2 Å². The number of ether oxygens (including phenoxy) is 1. The number of methoxy groups -OCH3 is 1. The number of carbonyl (C=O) groups is 2. The van der Waals surface area contributed by atoms with Crippen molar-refractivity contribution in [3.63, 3.8) is 0 Å². The van der Waals surface area contributed by atoms with Crippen LogP contribution in [0.2, 0.25) is 0 Å². The molecule has 1 heterocycles. The maximum atomic E-state index is 11.6. The molecule has 0 aliphatic carbocycles. The summed E-state index contributed by atoms with van der Waals surface area (Å²) in [6.07, 6.45) is 0.433. The SMILES string of the molecule is COc1cc2c(cc1C(C)=O)NC(=O)CC2(C)C. The van der Waals surface area contributed by atoms with Gasteiger partial charge in [-0.15, -0.1) is 0 Å². The van der Waals surface area contributed by atoms with Crippen LogP contribution in [-0.4, -0.2) is 18.8 Å². The Morgan fingerprint density at radius 1 is 1.39 bits per heavy atom. The van der Waals surface area contributed by atoms with Crippen molar-refractivity contribution >= 4 is 17.4 Å². The molecule has 0 fully saturated rings. The van der Waals surface area contributed by atoms with Crippen molar-refractivity contribution in [2.75, 3.05) is 12.4 Å². The van der Waals surface area contributed by atoms with E-state index in [-0.39, 0.29) is 17.1 Å². The zero-order valence-corrected chi connectivity index (χ0v) is 11.1. The van der Waals surface area contributed by atoms with E-state index in [1.807, 2.05) is 19.9 Å². The molecule has 1 aliphatic rings. The molecule has 96 valence electrons. The van der Waals surface area contributed by atoms with E-state index in [4.69, 9.17) is 4.74 Å². The van der Waals surface area contributed by atoms with E-state index in [9.17, 15) is 9.59 Å². The summed E-state index contributed by atoms with van der Waals surface area (Å²) in [5, 5.41) is 2.82. The van der Waals surface area contributed by atoms with Crippen LogP contribution in [0, 0.1) is 0 Å². The van der Waals surface area contributed by atoms with E-state index in [1.165, 1.54) is 6.92 Å². The second kappa shape index (κ2) is 4.12. The third kappa shape index (κ3) is 1.98. The molecule has 4 nitrogen and oxygen atoms in total. The average Bonchev–Trinajstić information content (AvgIpc) is 2.26. The van der Waals surface area contributed by atoms with E-state index in [0.29, 0.717) is 23.4 Å². The molecule has 0 bridgehead atoms. The molecule has 0 aromatic heterocycles. The third-order valence-electron chi connectivity index (χ3n) is 3.32. The summed E-state index contributed by atoms with van der Waals surface area (Å²) in [5.41, 5.74) is 1.96. The predicted octanol–water partition coefficient (Wildman–Crippen LogP) is 2.52. The summed E-state index contributed by atoms with van der Waals surface area (Å²) >= 11 is 0. The number of anilines is 1. The maximum Gasteiger partial charge on any atom is 0.225 e. The highest BCUT2D eigenvalue weighted by Gasteiger charge is 2.33. The summed E-state index contributed by atoms with van der Waals surface area (Å²) in [7, 11) is 1.54. The second-order valence-corrected chi connectivity index (χ2v) is 5.26. The van der Waals surface area contributed by atoms with Crippen LogP contribution in [0.3, 0.4) is 0 Å². The van der Waals surface area contributed by atoms with Crippen LogP contribution in [0.4, 0.5) is 5.69 Å². The molecule has 4 heteroatoms. The van der Waals surface area contributed by atoms with Crippen molar-refractivity contribution in [2.45, 2.75) is 32.6 Å². The molecule has 0 radical (unpaired) electrons. The number of fused-ring (bicyclic) bond motifs is 1. The van der Waals surface area contributed by atoms with Crippen LogP contribution in [0.25, 0.3) is 0 Å². The quantitative estimate of drug-likeness (QED) is 0.817. The molecular weight excluding hydrogens is 230 g/mol. The fourth-order valence-electron chi connectivity index (χ4n) is 2.38. The van der Waals surface area contributed by atoms with Gasteiger partial charge in [0.2, 0.25) is 5.91 Å². The molecule has 0 unspecified atom stereocenters. The standard InChI is InChI=1S/C14H17NO3/c1-8(16)9-5-11-10(6-12(9)18-4)14(2,3)7-13(17)15-11/h5-6H,7H2,1-4H3,(H,15,17). The van der Waals surface area contributed by atoms with Gasteiger partial charge in [0.1, 0.15) is 5.75 Å². The first kappa shape index (κ1) is 12.6. The Kier molecular flexibility index (Phi) is 2.89. The van der Waals surface area contributed by atoms with E-state index < -0.39 is 0 Å². The molecule has 1 aliphatic heterocycles.